The molecule has 2 atom stereocenters. The zero-order valence-corrected chi connectivity index (χ0v) is 26.2. The standard InChI is InChI=1S/C30H62NO5P/c1-6-8-9-10-11-12-13-14-15-16-17-18-19-20-21-22-23-24-29(27-30(32)7-2)28-36-37(33,34)35-26-25-31(3,4)5/h29H,6-28H2,1-5H3/p+1. The summed E-state index contributed by atoms with van der Waals surface area (Å²) in [7, 11) is 1.91. The molecule has 0 saturated carbocycles. The number of likely N-dealkylation sites (N-methyl/N-ethyl adjacent to an activating group) is 1. The minimum atomic E-state index is -4.08. The lowest BCUT2D eigenvalue weighted by Gasteiger charge is -2.24. The molecule has 6 nitrogen and oxygen atoms in total. The highest BCUT2D eigenvalue weighted by Crippen LogP contribution is 2.44. The van der Waals surface area contributed by atoms with Gasteiger partial charge >= 0.3 is 7.82 Å². The Balaban J connectivity index is 3.84. The predicted molar refractivity (Wildman–Crippen MR) is 157 cm³/mol. The third-order valence-corrected chi connectivity index (χ3v) is 8.10. The average molecular weight is 549 g/mol. The van der Waals surface area contributed by atoms with Crippen molar-refractivity contribution in [3.05, 3.63) is 0 Å². The highest BCUT2D eigenvalue weighted by atomic mass is 31.2. The Hall–Kier alpha value is -0.260. The monoisotopic (exact) mass is 548 g/mol. The van der Waals surface area contributed by atoms with Crippen LogP contribution >= 0.6 is 7.82 Å². The van der Waals surface area contributed by atoms with Gasteiger partial charge in [0.05, 0.1) is 27.7 Å². The fraction of sp³-hybridized carbons (Fsp3) is 0.967. The zero-order chi connectivity index (χ0) is 27.8. The molecule has 0 aliphatic rings. The Bertz CT molecular complexity index is 579. The van der Waals surface area contributed by atoms with E-state index >= 15 is 0 Å². The summed E-state index contributed by atoms with van der Waals surface area (Å²) < 4.78 is 23.2. The lowest BCUT2D eigenvalue weighted by atomic mass is 9.95. The molecule has 1 N–H and O–H groups in total. The number of nitrogens with zero attached hydrogens (tertiary/aromatic N) is 1. The zero-order valence-electron chi connectivity index (χ0n) is 25.3. The number of phosphoric ester groups is 1. The summed E-state index contributed by atoms with van der Waals surface area (Å²) in [5, 5.41) is 0. The van der Waals surface area contributed by atoms with E-state index in [-0.39, 0.29) is 24.9 Å². The quantitative estimate of drug-likeness (QED) is 0.0600. The predicted octanol–water partition coefficient (Wildman–Crippen LogP) is 8.85. The summed E-state index contributed by atoms with van der Waals surface area (Å²) in [5.41, 5.74) is 0. The van der Waals surface area contributed by atoms with Crippen LogP contribution in [-0.4, -0.2) is 56.1 Å². The third kappa shape index (κ3) is 27.1. The molecule has 0 radical (unpaired) electrons. The lowest BCUT2D eigenvalue weighted by Crippen LogP contribution is -2.37. The van der Waals surface area contributed by atoms with Gasteiger partial charge in [-0.05, 0) is 12.3 Å². The summed E-state index contributed by atoms with van der Waals surface area (Å²) >= 11 is 0. The molecular formula is C30H63NO5P+. The van der Waals surface area contributed by atoms with Crippen molar-refractivity contribution in [2.45, 2.75) is 142 Å². The van der Waals surface area contributed by atoms with Gasteiger partial charge in [0.25, 0.3) is 0 Å². The molecule has 0 rings (SSSR count). The van der Waals surface area contributed by atoms with Gasteiger partial charge in [0, 0.05) is 12.8 Å². The van der Waals surface area contributed by atoms with Crippen molar-refractivity contribution >= 4 is 13.6 Å². The third-order valence-electron chi connectivity index (χ3n) is 7.12. The smallest absolute Gasteiger partial charge is 0.329 e. The minimum Gasteiger partial charge on any atom is -0.329 e. The maximum absolute atomic E-state index is 12.2. The normalized spacial score (nSPS) is 14.5. The number of carbonyl (C=O) groups excluding carboxylic acids is 1. The molecule has 0 fully saturated rings. The van der Waals surface area contributed by atoms with Gasteiger partial charge in [0.2, 0.25) is 0 Å². The van der Waals surface area contributed by atoms with Crippen LogP contribution < -0.4 is 0 Å². The van der Waals surface area contributed by atoms with E-state index in [0.29, 0.717) is 23.9 Å². The van der Waals surface area contributed by atoms with E-state index in [1.54, 1.807) is 0 Å². The molecule has 222 valence electrons. The van der Waals surface area contributed by atoms with Crippen molar-refractivity contribution < 1.29 is 27.8 Å². The van der Waals surface area contributed by atoms with E-state index in [9.17, 15) is 14.3 Å². The van der Waals surface area contributed by atoms with Crippen LogP contribution in [0, 0.1) is 5.92 Å². The summed E-state index contributed by atoms with van der Waals surface area (Å²) in [6.07, 6.45) is 24.5. The summed E-state index contributed by atoms with van der Waals surface area (Å²) in [6, 6.07) is 0. The van der Waals surface area contributed by atoms with Gasteiger partial charge in [-0.2, -0.15) is 0 Å². The topological polar surface area (TPSA) is 72.8 Å². The van der Waals surface area contributed by atoms with Crippen LogP contribution in [0.2, 0.25) is 0 Å². The van der Waals surface area contributed by atoms with Crippen molar-refractivity contribution in [2.24, 2.45) is 5.92 Å². The Morgan fingerprint density at radius 3 is 1.57 bits per heavy atom. The first-order valence-electron chi connectivity index (χ1n) is 15.5. The number of hydrogen-bond donors (Lipinski definition) is 1. The van der Waals surface area contributed by atoms with Gasteiger partial charge in [0.15, 0.2) is 0 Å². The highest BCUT2D eigenvalue weighted by molar-refractivity contribution is 7.47. The Morgan fingerprint density at radius 1 is 0.730 bits per heavy atom. The van der Waals surface area contributed by atoms with Crippen molar-refractivity contribution in [3.8, 4) is 0 Å². The van der Waals surface area contributed by atoms with Crippen LogP contribution in [0.25, 0.3) is 0 Å². The molecule has 0 aliphatic heterocycles. The van der Waals surface area contributed by atoms with Gasteiger partial charge in [-0.3, -0.25) is 13.8 Å². The molecular weight excluding hydrogens is 485 g/mol. The summed E-state index contributed by atoms with van der Waals surface area (Å²) in [6.45, 7) is 5.02. The van der Waals surface area contributed by atoms with E-state index < -0.39 is 7.82 Å². The largest absolute Gasteiger partial charge is 0.472 e. The first-order chi connectivity index (χ1) is 17.6. The molecule has 0 aromatic heterocycles. The maximum Gasteiger partial charge on any atom is 0.472 e. The van der Waals surface area contributed by atoms with E-state index in [1.807, 2.05) is 28.1 Å². The van der Waals surface area contributed by atoms with Crippen molar-refractivity contribution in [1.29, 1.82) is 0 Å². The number of ketones is 1. The van der Waals surface area contributed by atoms with E-state index in [1.165, 1.54) is 96.3 Å². The van der Waals surface area contributed by atoms with E-state index in [0.717, 1.165) is 19.3 Å². The van der Waals surface area contributed by atoms with Crippen molar-refractivity contribution in [1.82, 2.24) is 0 Å². The maximum atomic E-state index is 12.2. The second-order valence-corrected chi connectivity index (χ2v) is 13.5. The molecule has 37 heavy (non-hydrogen) atoms. The fourth-order valence-electron chi connectivity index (χ4n) is 4.54. The molecule has 0 aromatic rings. The lowest BCUT2D eigenvalue weighted by molar-refractivity contribution is -0.870. The van der Waals surface area contributed by atoms with Crippen LogP contribution in [-0.2, 0) is 18.4 Å². The number of rotatable bonds is 28. The molecule has 2 unspecified atom stereocenters. The molecule has 0 aromatic carbocycles. The number of hydrogen-bond acceptors (Lipinski definition) is 4. The van der Waals surface area contributed by atoms with Crippen LogP contribution in [0.4, 0.5) is 0 Å². The van der Waals surface area contributed by atoms with E-state index in [4.69, 9.17) is 9.05 Å². The Kier molecular flexibility index (Phi) is 23.4. The van der Waals surface area contributed by atoms with Crippen LogP contribution in [0.1, 0.15) is 142 Å². The van der Waals surface area contributed by atoms with Gasteiger partial charge in [-0.15, -0.1) is 0 Å². The number of carbonyl (C=O) groups is 1. The highest BCUT2D eigenvalue weighted by Gasteiger charge is 2.25. The molecule has 7 heteroatoms. The number of Topliss-reactive ketones (excluding diaryl/α,β-unsaturated/α-hetero) is 1. The molecule has 0 heterocycles. The second kappa shape index (κ2) is 23.6. The first-order valence-corrected chi connectivity index (χ1v) is 17.0. The summed E-state index contributed by atoms with van der Waals surface area (Å²) in [5.74, 6) is 0.158. The number of phosphoric acid groups is 1. The van der Waals surface area contributed by atoms with Gasteiger partial charge < -0.3 is 9.38 Å². The number of quaternary nitrogens is 1. The molecule has 0 aliphatic carbocycles. The molecule has 0 amide bonds. The Labute approximate surface area is 230 Å². The van der Waals surface area contributed by atoms with Gasteiger partial charge in [-0.1, -0.05) is 123 Å². The second-order valence-electron chi connectivity index (χ2n) is 12.0. The summed E-state index contributed by atoms with van der Waals surface area (Å²) in [4.78, 5) is 22.0. The first kappa shape index (κ1) is 36.7. The molecule has 0 spiro atoms. The minimum absolute atomic E-state index is 0.0220. The van der Waals surface area contributed by atoms with Gasteiger partial charge in [-0.25, -0.2) is 4.57 Å². The van der Waals surface area contributed by atoms with Crippen LogP contribution in [0.3, 0.4) is 0 Å². The Morgan fingerprint density at radius 2 is 1.16 bits per heavy atom. The molecule has 0 bridgehead atoms. The average Bonchev–Trinajstić information content (AvgIpc) is 2.83. The van der Waals surface area contributed by atoms with Crippen LogP contribution in [0.5, 0.6) is 0 Å². The van der Waals surface area contributed by atoms with Gasteiger partial charge in [0.1, 0.15) is 18.9 Å². The van der Waals surface area contributed by atoms with E-state index in [2.05, 4.69) is 6.92 Å². The fourth-order valence-corrected chi connectivity index (χ4v) is 5.32. The van der Waals surface area contributed by atoms with Crippen molar-refractivity contribution in [2.75, 3.05) is 40.9 Å². The van der Waals surface area contributed by atoms with Crippen molar-refractivity contribution in [3.63, 3.8) is 0 Å². The number of unbranched alkanes of at least 4 members (excludes halogenated alkanes) is 16. The SMILES string of the molecule is CCCCCCCCCCCCCCCCCCCC(COP(=O)(O)OCC[N+](C)(C)C)CC(=O)CC. The molecule has 0 saturated heterocycles. The van der Waals surface area contributed by atoms with Crippen LogP contribution in [0.15, 0.2) is 0 Å².